The van der Waals surface area contributed by atoms with Crippen LogP contribution in [0.4, 0.5) is 0 Å². The van der Waals surface area contributed by atoms with E-state index < -0.39 is 17.8 Å². The minimum Gasteiger partial charge on any atom is -0.478 e. The van der Waals surface area contributed by atoms with Crippen molar-refractivity contribution in [1.82, 2.24) is 4.90 Å². The van der Waals surface area contributed by atoms with Gasteiger partial charge in [0.05, 0.1) is 16.7 Å². The topological polar surface area (TPSA) is 112 Å². The number of carboxylic acid groups (broad SMARTS) is 1. The Labute approximate surface area is 158 Å². The molecule has 28 heavy (non-hydrogen) atoms. The lowest BCUT2D eigenvalue weighted by Gasteiger charge is -2.15. The van der Waals surface area contributed by atoms with Crippen molar-refractivity contribution in [3.05, 3.63) is 46.5 Å². The standard InChI is InChI=1S/C19H13NO8/c21-17-10-1-2-12-16(28-8-25-12)15(10)18(22)20(17)4-3-9-5-13-14(27-7-26-13)6-11(9)19(23)24/h1-2,5-6H,3-4,7-8H2,(H,23,24). The molecular weight excluding hydrogens is 370 g/mol. The Morgan fingerprint density at radius 3 is 2.46 bits per heavy atom. The molecule has 0 radical (unpaired) electrons. The number of fused-ring (bicyclic) bond motifs is 4. The second-order valence-corrected chi connectivity index (χ2v) is 6.40. The first kappa shape index (κ1) is 16.4. The van der Waals surface area contributed by atoms with E-state index in [1.54, 1.807) is 12.1 Å². The maximum Gasteiger partial charge on any atom is 0.336 e. The fourth-order valence-electron chi connectivity index (χ4n) is 3.56. The minimum atomic E-state index is -1.13. The third-order valence-corrected chi connectivity index (χ3v) is 4.91. The molecule has 0 aliphatic carbocycles. The highest BCUT2D eigenvalue weighted by Crippen LogP contribution is 2.41. The van der Waals surface area contributed by atoms with Crippen molar-refractivity contribution in [1.29, 1.82) is 0 Å². The average molecular weight is 383 g/mol. The molecular formula is C19H13NO8. The summed E-state index contributed by atoms with van der Waals surface area (Å²) in [5.74, 6) is -0.575. The first-order valence-corrected chi connectivity index (χ1v) is 8.49. The Balaban J connectivity index is 1.43. The molecule has 0 unspecified atom stereocenters. The Hall–Kier alpha value is -3.75. The number of amides is 2. The van der Waals surface area contributed by atoms with Crippen LogP contribution in [0.5, 0.6) is 23.0 Å². The zero-order valence-corrected chi connectivity index (χ0v) is 14.4. The van der Waals surface area contributed by atoms with Gasteiger partial charge in [-0.15, -0.1) is 0 Å². The van der Waals surface area contributed by atoms with E-state index in [1.165, 1.54) is 12.1 Å². The van der Waals surface area contributed by atoms with Crippen LogP contribution in [0.2, 0.25) is 0 Å². The van der Waals surface area contributed by atoms with Crippen molar-refractivity contribution in [2.45, 2.75) is 6.42 Å². The lowest BCUT2D eigenvalue weighted by atomic mass is 10.0. The molecule has 0 fully saturated rings. The van der Waals surface area contributed by atoms with Crippen LogP contribution in [-0.2, 0) is 6.42 Å². The number of hydrogen-bond acceptors (Lipinski definition) is 7. The van der Waals surface area contributed by atoms with E-state index in [1.807, 2.05) is 0 Å². The SMILES string of the molecule is O=C(O)c1cc2c(cc1CCN1C(=O)c3ccc4c(c3C1=O)OCO4)OCO2. The minimum absolute atomic E-state index is 0.00751. The molecule has 3 heterocycles. The highest BCUT2D eigenvalue weighted by atomic mass is 16.7. The van der Waals surface area contributed by atoms with Gasteiger partial charge in [0.2, 0.25) is 13.6 Å². The largest absolute Gasteiger partial charge is 0.478 e. The molecule has 0 atom stereocenters. The lowest BCUT2D eigenvalue weighted by molar-refractivity contribution is 0.0654. The zero-order chi connectivity index (χ0) is 19.4. The van der Waals surface area contributed by atoms with Gasteiger partial charge in [-0.25, -0.2) is 4.79 Å². The van der Waals surface area contributed by atoms with Crippen LogP contribution in [0.25, 0.3) is 0 Å². The van der Waals surface area contributed by atoms with E-state index in [0.29, 0.717) is 22.8 Å². The molecule has 0 spiro atoms. The summed E-state index contributed by atoms with van der Waals surface area (Å²) >= 11 is 0. The Kier molecular flexibility index (Phi) is 3.45. The van der Waals surface area contributed by atoms with Gasteiger partial charge >= 0.3 is 5.97 Å². The molecule has 9 nitrogen and oxygen atoms in total. The summed E-state index contributed by atoms with van der Waals surface area (Å²) in [5, 5.41) is 9.47. The van der Waals surface area contributed by atoms with Crippen molar-refractivity contribution in [3.8, 4) is 23.0 Å². The van der Waals surface area contributed by atoms with Gasteiger partial charge in [0, 0.05) is 6.54 Å². The van der Waals surface area contributed by atoms with Gasteiger partial charge < -0.3 is 24.1 Å². The van der Waals surface area contributed by atoms with Crippen LogP contribution in [0.15, 0.2) is 24.3 Å². The summed E-state index contributed by atoms with van der Waals surface area (Å²) < 4.78 is 21.1. The van der Waals surface area contributed by atoms with Gasteiger partial charge in [0.15, 0.2) is 23.0 Å². The number of carbonyl (C=O) groups is 3. The van der Waals surface area contributed by atoms with Crippen molar-refractivity contribution in [2.75, 3.05) is 20.1 Å². The number of nitrogens with zero attached hydrogens (tertiary/aromatic N) is 1. The monoisotopic (exact) mass is 383 g/mol. The van der Waals surface area contributed by atoms with Crippen LogP contribution < -0.4 is 18.9 Å². The van der Waals surface area contributed by atoms with Crippen LogP contribution in [0, 0.1) is 0 Å². The van der Waals surface area contributed by atoms with Gasteiger partial charge in [0.25, 0.3) is 11.8 Å². The van der Waals surface area contributed by atoms with E-state index in [-0.39, 0.29) is 49.0 Å². The zero-order valence-electron chi connectivity index (χ0n) is 14.4. The molecule has 1 N–H and O–H groups in total. The van der Waals surface area contributed by atoms with Crippen LogP contribution >= 0.6 is 0 Å². The van der Waals surface area contributed by atoms with Crippen LogP contribution in [0.1, 0.15) is 36.6 Å². The van der Waals surface area contributed by atoms with Crippen LogP contribution in [0.3, 0.4) is 0 Å². The second-order valence-electron chi connectivity index (χ2n) is 6.40. The first-order valence-electron chi connectivity index (χ1n) is 8.49. The third kappa shape index (κ3) is 2.29. The van der Waals surface area contributed by atoms with Gasteiger partial charge in [-0.05, 0) is 36.2 Å². The highest BCUT2D eigenvalue weighted by molar-refractivity contribution is 6.23. The molecule has 5 rings (SSSR count). The normalized spacial score (nSPS) is 15.9. The summed E-state index contributed by atoms with van der Waals surface area (Å²) in [6, 6.07) is 6.08. The molecule has 3 aliphatic rings. The quantitative estimate of drug-likeness (QED) is 0.794. The fraction of sp³-hybridized carbons (Fsp3) is 0.211. The number of carboxylic acids is 1. The number of aromatic carboxylic acids is 1. The Morgan fingerprint density at radius 1 is 0.964 bits per heavy atom. The van der Waals surface area contributed by atoms with E-state index in [4.69, 9.17) is 18.9 Å². The molecule has 142 valence electrons. The smallest absolute Gasteiger partial charge is 0.336 e. The lowest BCUT2D eigenvalue weighted by Crippen LogP contribution is -2.32. The van der Waals surface area contributed by atoms with E-state index in [2.05, 4.69) is 0 Å². The number of benzene rings is 2. The predicted octanol–water partition coefficient (Wildman–Crippen LogP) is 1.68. The van der Waals surface area contributed by atoms with Gasteiger partial charge in [-0.1, -0.05) is 0 Å². The van der Waals surface area contributed by atoms with Crippen molar-refractivity contribution in [2.24, 2.45) is 0 Å². The Morgan fingerprint density at radius 2 is 1.68 bits per heavy atom. The highest BCUT2D eigenvalue weighted by Gasteiger charge is 2.40. The summed E-state index contributed by atoms with van der Waals surface area (Å²) in [6.07, 6.45) is 0.156. The summed E-state index contributed by atoms with van der Waals surface area (Å²) in [4.78, 5) is 38.1. The summed E-state index contributed by atoms with van der Waals surface area (Å²) in [6.45, 7) is 0.0256. The molecule has 0 saturated heterocycles. The molecule has 9 heteroatoms. The molecule has 0 saturated carbocycles. The summed E-state index contributed by atoms with van der Waals surface area (Å²) in [7, 11) is 0. The number of hydrogen-bond donors (Lipinski definition) is 1. The van der Waals surface area contributed by atoms with E-state index in [9.17, 15) is 19.5 Å². The van der Waals surface area contributed by atoms with E-state index in [0.717, 1.165) is 4.90 Å². The first-order chi connectivity index (χ1) is 13.5. The van der Waals surface area contributed by atoms with Crippen molar-refractivity contribution in [3.63, 3.8) is 0 Å². The number of imide groups is 1. The van der Waals surface area contributed by atoms with Gasteiger partial charge in [-0.2, -0.15) is 0 Å². The average Bonchev–Trinajstić information content (AvgIpc) is 3.38. The predicted molar refractivity (Wildman–Crippen MR) is 91.2 cm³/mol. The van der Waals surface area contributed by atoms with E-state index >= 15 is 0 Å². The maximum atomic E-state index is 12.8. The Bertz CT molecular complexity index is 1060. The van der Waals surface area contributed by atoms with Crippen molar-refractivity contribution < 1.29 is 38.4 Å². The maximum absolute atomic E-state index is 12.8. The molecule has 0 aromatic heterocycles. The van der Waals surface area contributed by atoms with Crippen molar-refractivity contribution >= 4 is 17.8 Å². The van der Waals surface area contributed by atoms with Crippen LogP contribution in [-0.4, -0.2) is 47.9 Å². The molecule has 2 aromatic rings. The molecule has 0 bridgehead atoms. The molecule has 3 aliphatic heterocycles. The third-order valence-electron chi connectivity index (χ3n) is 4.91. The van der Waals surface area contributed by atoms with Gasteiger partial charge in [-0.3, -0.25) is 14.5 Å². The fourth-order valence-corrected chi connectivity index (χ4v) is 3.56. The molecule has 2 amide bonds. The number of carbonyl (C=O) groups excluding carboxylic acids is 2. The van der Waals surface area contributed by atoms with Gasteiger partial charge in [0.1, 0.15) is 0 Å². The second kappa shape index (κ2) is 5.88. The summed E-state index contributed by atoms with van der Waals surface area (Å²) in [5.41, 5.74) is 0.916. The molecule has 2 aromatic carbocycles. The number of rotatable bonds is 4. The number of ether oxygens (including phenoxy) is 4.